The number of hydrogen-bond donors (Lipinski definition) is 2. The average Bonchev–Trinajstić information content (AvgIpc) is 2.62. The Morgan fingerprint density at radius 3 is 2.29 bits per heavy atom. The number of aryl methyl sites for hydroxylation is 2. The molecule has 0 aliphatic heterocycles. The molecule has 7 nitrogen and oxygen atoms in total. The second-order valence-electron chi connectivity index (χ2n) is 6.30. The molecule has 2 aromatic rings. The number of carbonyl (C=O) groups is 2. The largest absolute Gasteiger partial charge is 0.454 e. The number of esters is 1. The fourth-order valence-electron chi connectivity index (χ4n) is 2.24. The zero-order chi connectivity index (χ0) is 20.9. The first kappa shape index (κ1) is 21.5. The third kappa shape index (κ3) is 5.86. The molecule has 0 saturated carbocycles. The smallest absolute Gasteiger partial charge is 0.324 e. The van der Waals surface area contributed by atoms with Gasteiger partial charge in [0, 0.05) is 0 Å². The van der Waals surface area contributed by atoms with Crippen LogP contribution in [0.1, 0.15) is 18.1 Å². The SMILES string of the molecule is Cc1ccc(S(=O)(=O)N[C@@H](C)C(=O)OCC(=O)Nc2ccc(C)cc2F)cc1. The van der Waals surface area contributed by atoms with Crippen LogP contribution in [0.2, 0.25) is 0 Å². The minimum atomic E-state index is -3.92. The summed E-state index contributed by atoms with van der Waals surface area (Å²) in [7, 11) is -3.92. The van der Waals surface area contributed by atoms with Gasteiger partial charge >= 0.3 is 5.97 Å². The molecule has 150 valence electrons. The van der Waals surface area contributed by atoms with Crippen LogP contribution in [0.15, 0.2) is 47.4 Å². The van der Waals surface area contributed by atoms with Crippen LogP contribution < -0.4 is 10.0 Å². The van der Waals surface area contributed by atoms with E-state index in [0.29, 0.717) is 5.56 Å². The van der Waals surface area contributed by atoms with E-state index in [0.717, 1.165) is 5.56 Å². The molecule has 0 aliphatic carbocycles. The summed E-state index contributed by atoms with van der Waals surface area (Å²) in [5, 5.41) is 2.28. The third-order valence-electron chi connectivity index (χ3n) is 3.76. The third-order valence-corrected chi connectivity index (χ3v) is 5.32. The maximum atomic E-state index is 13.7. The van der Waals surface area contributed by atoms with Gasteiger partial charge in [0.1, 0.15) is 11.9 Å². The van der Waals surface area contributed by atoms with Crippen molar-refractivity contribution in [3.8, 4) is 0 Å². The lowest BCUT2D eigenvalue weighted by molar-refractivity contribution is -0.148. The van der Waals surface area contributed by atoms with E-state index >= 15 is 0 Å². The molecule has 0 saturated heterocycles. The Kier molecular flexibility index (Phi) is 6.87. The number of halogens is 1. The number of sulfonamides is 1. The van der Waals surface area contributed by atoms with Crippen LogP contribution in [0.3, 0.4) is 0 Å². The summed E-state index contributed by atoms with van der Waals surface area (Å²) in [5.41, 5.74) is 1.54. The molecule has 0 unspecified atom stereocenters. The van der Waals surface area contributed by atoms with Gasteiger partial charge in [0.05, 0.1) is 10.6 Å². The predicted molar refractivity (Wildman–Crippen MR) is 102 cm³/mol. The number of nitrogens with one attached hydrogen (secondary N) is 2. The van der Waals surface area contributed by atoms with E-state index in [-0.39, 0.29) is 10.6 Å². The summed E-state index contributed by atoms with van der Waals surface area (Å²) in [5.74, 6) is -2.29. The highest BCUT2D eigenvalue weighted by Crippen LogP contribution is 2.15. The van der Waals surface area contributed by atoms with E-state index in [2.05, 4.69) is 10.0 Å². The van der Waals surface area contributed by atoms with E-state index in [1.807, 2.05) is 6.92 Å². The predicted octanol–water partition coefficient (Wildman–Crippen LogP) is 2.29. The van der Waals surface area contributed by atoms with Crippen molar-refractivity contribution < 1.29 is 27.1 Å². The number of hydrogen-bond acceptors (Lipinski definition) is 5. The van der Waals surface area contributed by atoms with Crippen LogP contribution in [-0.2, 0) is 24.3 Å². The van der Waals surface area contributed by atoms with Gasteiger partial charge in [-0.25, -0.2) is 12.8 Å². The van der Waals surface area contributed by atoms with Crippen LogP contribution in [0.4, 0.5) is 10.1 Å². The van der Waals surface area contributed by atoms with Crippen molar-refractivity contribution in [2.24, 2.45) is 0 Å². The van der Waals surface area contributed by atoms with Gasteiger partial charge in [0.25, 0.3) is 5.91 Å². The van der Waals surface area contributed by atoms with Crippen molar-refractivity contribution in [1.82, 2.24) is 4.72 Å². The molecule has 0 heterocycles. The van der Waals surface area contributed by atoms with Gasteiger partial charge < -0.3 is 10.1 Å². The summed E-state index contributed by atoms with van der Waals surface area (Å²) < 4.78 is 45.2. The highest BCUT2D eigenvalue weighted by Gasteiger charge is 2.23. The fraction of sp³-hybridized carbons (Fsp3) is 0.263. The van der Waals surface area contributed by atoms with Crippen LogP contribution in [0.25, 0.3) is 0 Å². The Morgan fingerprint density at radius 1 is 1.07 bits per heavy atom. The zero-order valence-corrected chi connectivity index (χ0v) is 16.5. The molecular formula is C19H21FN2O5S. The molecule has 0 spiro atoms. The maximum absolute atomic E-state index is 13.7. The molecule has 2 rings (SSSR count). The number of amides is 1. The molecule has 0 aromatic heterocycles. The number of anilines is 1. The topological polar surface area (TPSA) is 102 Å². The van der Waals surface area contributed by atoms with Crippen LogP contribution in [-0.4, -0.2) is 32.9 Å². The van der Waals surface area contributed by atoms with Crippen LogP contribution in [0, 0.1) is 19.7 Å². The summed E-state index contributed by atoms with van der Waals surface area (Å²) in [6.07, 6.45) is 0. The van der Waals surface area contributed by atoms with Crippen molar-refractivity contribution in [3.63, 3.8) is 0 Å². The van der Waals surface area contributed by atoms with Crippen molar-refractivity contribution in [1.29, 1.82) is 0 Å². The molecule has 28 heavy (non-hydrogen) atoms. The van der Waals surface area contributed by atoms with E-state index in [1.54, 1.807) is 25.1 Å². The molecule has 0 radical (unpaired) electrons. The van der Waals surface area contributed by atoms with Crippen molar-refractivity contribution in [2.75, 3.05) is 11.9 Å². The van der Waals surface area contributed by atoms with E-state index < -0.39 is 40.4 Å². The Morgan fingerprint density at radius 2 is 1.68 bits per heavy atom. The minimum absolute atomic E-state index is 0.00494. The number of ether oxygens (including phenoxy) is 1. The van der Waals surface area contributed by atoms with Gasteiger partial charge in [0.15, 0.2) is 6.61 Å². The molecule has 2 aromatic carbocycles. The number of rotatable bonds is 7. The molecule has 9 heteroatoms. The van der Waals surface area contributed by atoms with Crippen LogP contribution in [0.5, 0.6) is 0 Å². The Bertz CT molecular complexity index is 974. The second-order valence-corrected chi connectivity index (χ2v) is 8.01. The minimum Gasteiger partial charge on any atom is -0.454 e. The molecular weight excluding hydrogens is 387 g/mol. The van der Waals surface area contributed by atoms with Gasteiger partial charge in [-0.1, -0.05) is 23.8 Å². The number of carbonyl (C=O) groups excluding carboxylic acids is 2. The molecule has 2 N–H and O–H groups in total. The first-order valence-electron chi connectivity index (χ1n) is 8.40. The van der Waals surface area contributed by atoms with E-state index in [9.17, 15) is 22.4 Å². The summed E-state index contributed by atoms with van der Waals surface area (Å²) >= 11 is 0. The Hall–Kier alpha value is -2.78. The molecule has 1 amide bonds. The lowest BCUT2D eigenvalue weighted by Crippen LogP contribution is -2.40. The van der Waals surface area contributed by atoms with Gasteiger partial charge in [-0.2, -0.15) is 4.72 Å². The summed E-state index contributed by atoms with van der Waals surface area (Å²) in [4.78, 5) is 23.8. The van der Waals surface area contributed by atoms with Gasteiger partial charge in [-0.15, -0.1) is 0 Å². The molecule has 0 bridgehead atoms. The van der Waals surface area contributed by atoms with Crippen molar-refractivity contribution >= 4 is 27.6 Å². The Labute approximate surface area is 163 Å². The van der Waals surface area contributed by atoms with Gasteiger partial charge in [-0.05, 0) is 50.6 Å². The normalized spacial score (nSPS) is 12.3. The fourth-order valence-corrected chi connectivity index (χ4v) is 3.43. The molecule has 1 atom stereocenters. The lowest BCUT2D eigenvalue weighted by Gasteiger charge is -2.14. The van der Waals surface area contributed by atoms with Crippen molar-refractivity contribution in [3.05, 3.63) is 59.4 Å². The monoisotopic (exact) mass is 408 g/mol. The Balaban J connectivity index is 1.89. The molecule has 0 fully saturated rings. The van der Waals surface area contributed by atoms with Gasteiger partial charge in [0.2, 0.25) is 10.0 Å². The highest BCUT2D eigenvalue weighted by atomic mass is 32.2. The average molecular weight is 408 g/mol. The molecule has 0 aliphatic rings. The first-order chi connectivity index (χ1) is 13.1. The second kappa shape index (κ2) is 8.94. The van der Waals surface area contributed by atoms with Crippen molar-refractivity contribution in [2.45, 2.75) is 31.7 Å². The van der Waals surface area contributed by atoms with E-state index in [1.165, 1.54) is 31.2 Å². The zero-order valence-electron chi connectivity index (χ0n) is 15.7. The summed E-state index contributed by atoms with van der Waals surface area (Å²) in [6, 6.07) is 9.14. The van der Waals surface area contributed by atoms with Gasteiger partial charge in [-0.3, -0.25) is 9.59 Å². The highest BCUT2D eigenvalue weighted by molar-refractivity contribution is 7.89. The van der Waals surface area contributed by atoms with Crippen LogP contribution >= 0.6 is 0 Å². The van der Waals surface area contributed by atoms with E-state index in [4.69, 9.17) is 4.74 Å². The standard InChI is InChI=1S/C19H21FN2O5S/c1-12-4-7-15(8-5-12)28(25,26)22-14(3)19(24)27-11-18(23)21-17-9-6-13(2)10-16(17)20/h4-10,14,22H,11H2,1-3H3,(H,21,23)/t14-/m0/s1. The first-order valence-corrected chi connectivity index (χ1v) is 9.88. The number of benzene rings is 2. The summed E-state index contributed by atoms with van der Waals surface area (Å²) in [6.45, 7) is 4.14. The quantitative estimate of drug-likeness (QED) is 0.685. The lowest BCUT2D eigenvalue weighted by atomic mass is 10.2. The maximum Gasteiger partial charge on any atom is 0.324 e.